The summed E-state index contributed by atoms with van der Waals surface area (Å²) in [6.07, 6.45) is 0. The Hall–Kier alpha value is -4.20. The van der Waals surface area contributed by atoms with Crippen LogP contribution in [0.4, 0.5) is 20.2 Å². The van der Waals surface area contributed by atoms with Crippen LogP contribution in [0.3, 0.4) is 0 Å². The zero-order chi connectivity index (χ0) is 25.1. The number of benzene rings is 3. The van der Waals surface area contributed by atoms with Crippen molar-refractivity contribution in [3.8, 4) is 17.9 Å². The minimum absolute atomic E-state index is 0.164. The number of anilines is 2. The van der Waals surface area contributed by atoms with Gasteiger partial charge in [-0.3, -0.25) is 9.44 Å². The van der Waals surface area contributed by atoms with Gasteiger partial charge in [0, 0.05) is 0 Å². The summed E-state index contributed by atoms with van der Waals surface area (Å²) >= 11 is 0. The smallest absolute Gasteiger partial charge is 0.265 e. The number of rotatable bonds is 7. The molecule has 0 amide bonds. The fourth-order valence-electron chi connectivity index (χ4n) is 2.83. The van der Waals surface area contributed by atoms with Gasteiger partial charge in [-0.15, -0.1) is 0 Å². The lowest BCUT2D eigenvalue weighted by molar-refractivity contribution is 0.402. The second kappa shape index (κ2) is 9.35. The van der Waals surface area contributed by atoms with Crippen LogP contribution in [-0.2, 0) is 20.0 Å². The zero-order valence-corrected chi connectivity index (χ0v) is 18.8. The first kappa shape index (κ1) is 24.4. The van der Waals surface area contributed by atoms with Gasteiger partial charge in [-0.05, 0) is 54.6 Å². The van der Waals surface area contributed by atoms with E-state index in [1.165, 1.54) is 0 Å². The Balaban J connectivity index is 2.07. The van der Waals surface area contributed by atoms with Gasteiger partial charge in [0.2, 0.25) is 0 Å². The highest BCUT2D eigenvalue weighted by molar-refractivity contribution is 7.93. The number of methoxy groups -OCH3 is 1. The molecule has 9 nitrogen and oxygen atoms in total. The summed E-state index contributed by atoms with van der Waals surface area (Å²) in [6, 6.07) is 12.0. The first-order chi connectivity index (χ1) is 16.0. The highest BCUT2D eigenvalue weighted by Crippen LogP contribution is 2.31. The van der Waals surface area contributed by atoms with Gasteiger partial charge in [0.1, 0.15) is 34.4 Å². The topological polar surface area (TPSA) is 149 Å². The number of hydrogen-bond acceptors (Lipinski definition) is 7. The van der Waals surface area contributed by atoms with Crippen molar-refractivity contribution < 1.29 is 30.4 Å². The van der Waals surface area contributed by atoms with Crippen LogP contribution in [0.1, 0.15) is 11.1 Å². The molecule has 0 saturated carbocycles. The molecule has 0 atom stereocenters. The summed E-state index contributed by atoms with van der Waals surface area (Å²) in [5, 5.41) is 18.3. The second-order valence-corrected chi connectivity index (χ2v) is 9.96. The van der Waals surface area contributed by atoms with Crippen LogP contribution in [0, 0.1) is 34.3 Å². The Kier molecular flexibility index (Phi) is 6.72. The van der Waals surface area contributed by atoms with E-state index in [0.717, 1.165) is 61.7 Å². The molecular weight excluding hydrogens is 490 g/mol. The molecule has 0 aromatic heterocycles. The van der Waals surface area contributed by atoms with E-state index in [1.807, 2.05) is 9.44 Å². The Morgan fingerprint density at radius 1 is 0.765 bits per heavy atom. The maximum atomic E-state index is 13.6. The maximum Gasteiger partial charge on any atom is 0.265 e. The highest BCUT2D eigenvalue weighted by atomic mass is 32.2. The Morgan fingerprint density at radius 2 is 1.26 bits per heavy atom. The lowest BCUT2D eigenvalue weighted by atomic mass is 10.2. The zero-order valence-electron chi connectivity index (χ0n) is 17.2. The molecule has 0 radical (unpaired) electrons. The van der Waals surface area contributed by atoms with E-state index in [2.05, 4.69) is 0 Å². The van der Waals surface area contributed by atoms with E-state index >= 15 is 0 Å². The van der Waals surface area contributed by atoms with Crippen molar-refractivity contribution in [1.29, 1.82) is 10.5 Å². The van der Waals surface area contributed by atoms with Crippen LogP contribution >= 0.6 is 0 Å². The third kappa shape index (κ3) is 5.06. The third-order valence-electron chi connectivity index (χ3n) is 4.43. The minimum Gasteiger partial charge on any atom is -0.495 e. The van der Waals surface area contributed by atoms with Crippen molar-refractivity contribution in [1.82, 2.24) is 0 Å². The van der Waals surface area contributed by atoms with Crippen LogP contribution in [0.15, 0.2) is 64.4 Å². The van der Waals surface area contributed by atoms with Gasteiger partial charge in [-0.25, -0.2) is 25.6 Å². The van der Waals surface area contributed by atoms with E-state index in [1.54, 1.807) is 12.1 Å². The first-order valence-corrected chi connectivity index (χ1v) is 12.1. The molecule has 3 aromatic rings. The Bertz CT molecular complexity index is 1580. The molecule has 2 N–H and O–H groups in total. The van der Waals surface area contributed by atoms with Crippen molar-refractivity contribution in [2.24, 2.45) is 0 Å². The summed E-state index contributed by atoms with van der Waals surface area (Å²) in [4.78, 5) is -1.19. The van der Waals surface area contributed by atoms with Gasteiger partial charge in [0.25, 0.3) is 20.0 Å². The molecule has 3 aromatic carbocycles. The number of hydrogen-bond donors (Lipinski definition) is 2. The first-order valence-electron chi connectivity index (χ1n) is 9.13. The molecule has 0 bridgehead atoms. The predicted octanol–water partition coefficient (Wildman–Crippen LogP) is 3.32. The molecule has 174 valence electrons. The van der Waals surface area contributed by atoms with Crippen molar-refractivity contribution in [3.05, 3.63) is 77.4 Å². The monoisotopic (exact) mass is 504 g/mol. The number of ether oxygens (including phenoxy) is 1. The van der Waals surface area contributed by atoms with Crippen LogP contribution in [-0.4, -0.2) is 23.9 Å². The summed E-state index contributed by atoms with van der Waals surface area (Å²) in [7, 11) is -7.92. The van der Waals surface area contributed by atoms with Gasteiger partial charge in [0.05, 0.1) is 34.5 Å². The largest absolute Gasteiger partial charge is 0.495 e. The summed E-state index contributed by atoms with van der Waals surface area (Å²) < 4.78 is 88.1. The molecular formula is C21H14F2N4O5S2. The van der Waals surface area contributed by atoms with E-state index in [-0.39, 0.29) is 28.3 Å². The molecule has 0 fully saturated rings. The van der Waals surface area contributed by atoms with Gasteiger partial charge >= 0.3 is 0 Å². The molecule has 0 saturated heterocycles. The highest BCUT2D eigenvalue weighted by Gasteiger charge is 2.26. The van der Waals surface area contributed by atoms with Gasteiger partial charge in [-0.2, -0.15) is 10.5 Å². The Labute approximate surface area is 193 Å². The van der Waals surface area contributed by atoms with Crippen molar-refractivity contribution in [3.63, 3.8) is 0 Å². The number of halogens is 2. The fraction of sp³-hybridized carbons (Fsp3) is 0.0476. The second-order valence-electron chi connectivity index (χ2n) is 6.63. The SMILES string of the molecule is COc1ccc(S(=O)(=O)Nc2cc(F)ccc2C#N)cc1S(=O)(=O)Nc1cc(F)ccc1C#N. The number of sulfonamides is 2. The molecule has 0 unspecified atom stereocenters. The van der Waals surface area contributed by atoms with Crippen molar-refractivity contribution in [2.45, 2.75) is 9.79 Å². The molecule has 3 rings (SSSR count). The van der Waals surface area contributed by atoms with Crippen LogP contribution in [0.25, 0.3) is 0 Å². The maximum absolute atomic E-state index is 13.6. The molecule has 0 aliphatic heterocycles. The minimum atomic E-state index is -4.58. The molecule has 0 aliphatic rings. The number of nitriles is 2. The standard InChI is InChI=1S/C21H14F2N4O5S2/c1-32-20-7-6-17(33(28,29)26-18-8-15(22)4-2-13(18)11-24)10-21(20)34(30,31)27-19-9-16(23)5-3-14(19)12-25/h2-10,26-27H,1H3. The van der Waals surface area contributed by atoms with E-state index in [9.17, 15) is 25.6 Å². The van der Waals surface area contributed by atoms with Crippen LogP contribution in [0.2, 0.25) is 0 Å². The van der Waals surface area contributed by atoms with Crippen molar-refractivity contribution in [2.75, 3.05) is 16.6 Å². The lowest BCUT2D eigenvalue weighted by Gasteiger charge is -2.15. The molecule has 34 heavy (non-hydrogen) atoms. The Morgan fingerprint density at radius 3 is 1.74 bits per heavy atom. The lowest BCUT2D eigenvalue weighted by Crippen LogP contribution is -2.18. The average molecular weight is 504 g/mol. The molecule has 0 aliphatic carbocycles. The molecule has 0 spiro atoms. The fourth-order valence-corrected chi connectivity index (χ4v) is 5.27. The summed E-state index contributed by atoms with van der Waals surface area (Å²) in [5.74, 6) is -1.86. The van der Waals surface area contributed by atoms with E-state index in [0.29, 0.717) is 0 Å². The van der Waals surface area contributed by atoms with E-state index < -0.39 is 41.5 Å². The normalized spacial score (nSPS) is 11.2. The van der Waals surface area contributed by atoms with Crippen LogP contribution < -0.4 is 14.2 Å². The quantitative estimate of drug-likeness (QED) is 0.501. The molecule has 0 heterocycles. The van der Waals surface area contributed by atoms with Crippen LogP contribution in [0.5, 0.6) is 5.75 Å². The van der Waals surface area contributed by atoms with Gasteiger partial charge < -0.3 is 4.74 Å². The van der Waals surface area contributed by atoms with Gasteiger partial charge in [-0.1, -0.05) is 0 Å². The predicted molar refractivity (Wildman–Crippen MR) is 117 cm³/mol. The molecule has 13 heteroatoms. The van der Waals surface area contributed by atoms with E-state index in [4.69, 9.17) is 15.3 Å². The van der Waals surface area contributed by atoms with Crippen molar-refractivity contribution >= 4 is 31.4 Å². The number of nitrogens with one attached hydrogen (secondary N) is 2. The summed E-state index contributed by atoms with van der Waals surface area (Å²) in [5.41, 5.74) is -1.05. The van der Waals surface area contributed by atoms with Gasteiger partial charge in [0.15, 0.2) is 0 Å². The number of nitrogens with zero attached hydrogens (tertiary/aromatic N) is 2. The third-order valence-corrected chi connectivity index (χ3v) is 7.18. The summed E-state index contributed by atoms with van der Waals surface area (Å²) in [6.45, 7) is 0. The average Bonchev–Trinajstić information content (AvgIpc) is 2.78.